The van der Waals surface area contributed by atoms with Crippen LogP contribution >= 0.6 is 0 Å². The third-order valence-corrected chi connectivity index (χ3v) is 6.64. The minimum atomic E-state index is -3.39. The first-order valence-electron chi connectivity index (χ1n) is 10.4. The van der Waals surface area contributed by atoms with Crippen LogP contribution in [0.5, 0.6) is 5.75 Å². The molecular weight excluding hydrogens is 426 g/mol. The molecule has 168 valence electrons. The lowest BCUT2D eigenvalue weighted by molar-refractivity contribution is -0.136. The fraction of sp³-hybridized carbons (Fsp3) is 0.292. The van der Waals surface area contributed by atoms with Gasteiger partial charge in [-0.25, -0.2) is 8.42 Å². The maximum atomic E-state index is 13.2. The van der Waals surface area contributed by atoms with Crippen LogP contribution in [0.2, 0.25) is 0 Å². The smallest absolute Gasteiger partial charge is 0.244 e. The Morgan fingerprint density at radius 2 is 1.78 bits per heavy atom. The van der Waals surface area contributed by atoms with Crippen LogP contribution in [0.15, 0.2) is 60.7 Å². The number of benzene rings is 3. The first kappa shape index (κ1) is 22.1. The number of methoxy groups -OCH3 is 1. The highest BCUT2D eigenvalue weighted by atomic mass is 32.2. The van der Waals surface area contributed by atoms with Gasteiger partial charge in [-0.05, 0) is 48.6 Å². The summed E-state index contributed by atoms with van der Waals surface area (Å²) in [5.41, 5.74) is 1.44. The van der Waals surface area contributed by atoms with E-state index in [2.05, 4.69) is 27.1 Å². The van der Waals surface area contributed by atoms with Gasteiger partial charge in [0.15, 0.2) is 0 Å². The molecule has 0 radical (unpaired) electrons. The van der Waals surface area contributed by atoms with Gasteiger partial charge in [-0.1, -0.05) is 36.4 Å². The minimum Gasteiger partial charge on any atom is -0.496 e. The summed E-state index contributed by atoms with van der Waals surface area (Å²) in [6.07, 6.45) is 1.84. The molecule has 3 aromatic carbocycles. The van der Waals surface area contributed by atoms with Crippen molar-refractivity contribution in [3.05, 3.63) is 66.2 Å². The normalized spacial score (nSPS) is 18.7. The maximum absolute atomic E-state index is 13.2. The zero-order valence-electron chi connectivity index (χ0n) is 18.4. The fourth-order valence-corrected chi connectivity index (χ4v) is 4.67. The predicted octanol–water partition coefficient (Wildman–Crippen LogP) is 3.82. The maximum Gasteiger partial charge on any atom is 0.244 e. The van der Waals surface area contributed by atoms with Gasteiger partial charge in [0.05, 0.1) is 24.6 Å². The van der Waals surface area contributed by atoms with E-state index in [1.807, 2.05) is 31.2 Å². The number of rotatable bonds is 7. The Kier molecular flexibility index (Phi) is 5.83. The second kappa shape index (κ2) is 8.44. The number of nitrogens with zero attached hydrogens (tertiary/aromatic N) is 1. The minimum absolute atomic E-state index is 0.113. The Morgan fingerprint density at radius 3 is 2.44 bits per heavy atom. The Hall–Kier alpha value is -3.10. The van der Waals surface area contributed by atoms with Crippen LogP contribution in [0.3, 0.4) is 0 Å². The Balaban J connectivity index is 1.52. The molecule has 0 saturated carbocycles. The molecule has 2 N–H and O–H groups in total. The SMILES string of the molecule is COc1ccc(CN2CCC2(C)C(=O)Nc2cccc(NS(C)(=O)=O)c2)c2ccccc12. The van der Waals surface area contributed by atoms with Gasteiger partial charge in [0.25, 0.3) is 0 Å². The van der Waals surface area contributed by atoms with E-state index in [1.54, 1.807) is 31.4 Å². The standard InChI is InChI=1S/C24H27N3O4S/c1-24(23(28)25-18-7-6-8-19(15-18)26-32(3,29)30)13-14-27(24)16-17-11-12-22(31-2)21-10-5-4-9-20(17)21/h4-12,15,26H,13-14,16H2,1-3H3,(H,25,28). The predicted molar refractivity (Wildman–Crippen MR) is 127 cm³/mol. The lowest BCUT2D eigenvalue weighted by atomic mass is 9.84. The number of sulfonamides is 1. The van der Waals surface area contributed by atoms with Gasteiger partial charge in [0, 0.05) is 24.2 Å². The average molecular weight is 454 g/mol. The highest BCUT2D eigenvalue weighted by Gasteiger charge is 2.46. The van der Waals surface area contributed by atoms with Crippen LogP contribution in [-0.4, -0.2) is 44.7 Å². The van der Waals surface area contributed by atoms with E-state index in [0.29, 0.717) is 17.9 Å². The molecule has 0 spiro atoms. The van der Waals surface area contributed by atoms with Crippen molar-refractivity contribution in [3.63, 3.8) is 0 Å². The summed E-state index contributed by atoms with van der Waals surface area (Å²) in [5, 5.41) is 5.11. The Bertz CT molecular complexity index is 1280. The van der Waals surface area contributed by atoms with Gasteiger partial charge < -0.3 is 10.1 Å². The highest BCUT2D eigenvalue weighted by molar-refractivity contribution is 7.92. The van der Waals surface area contributed by atoms with Crippen LogP contribution < -0.4 is 14.8 Å². The molecule has 1 unspecified atom stereocenters. The van der Waals surface area contributed by atoms with E-state index >= 15 is 0 Å². The first-order chi connectivity index (χ1) is 15.2. The molecule has 1 amide bonds. The monoisotopic (exact) mass is 453 g/mol. The number of likely N-dealkylation sites (tertiary alicyclic amines) is 1. The van der Waals surface area contributed by atoms with Gasteiger partial charge in [-0.3, -0.25) is 14.4 Å². The molecule has 7 nitrogen and oxygen atoms in total. The molecule has 0 bridgehead atoms. The van der Waals surface area contributed by atoms with E-state index in [-0.39, 0.29) is 5.91 Å². The molecule has 1 heterocycles. The number of carbonyl (C=O) groups is 1. The van der Waals surface area contributed by atoms with Crippen molar-refractivity contribution in [2.24, 2.45) is 0 Å². The number of hydrogen-bond donors (Lipinski definition) is 2. The van der Waals surface area contributed by atoms with Gasteiger partial charge in [-0.2, -0.15) is 0 Å². The summed E-state index contributed by atoms with van der Waals surface area (Å²) in [6.45, 7) is 3.40. The number of ether oxygens (including phenoxy) is 1. The molecule has 1 aliphatic heterocycles. The molecule has 32 heavy (non-hydrogen) atoms. The number of fused-ring (bicyclic) bond motifs is 1. The highest BCUT2D eigenvalue weighted by Crippen LogP contribution is 2.36. The zero-order valence-corrected chi connectivity index (χ0v) is 19.2. The molecule has 1 aliphatic rings. The first-order valence-corrected chi connectivity index (χ1v) is 12.3. The molecule has 8 heteroatoms. The zero-order chi connectivity index (χ0) is 22.9. The van der Waals surface area contributed by atoms with Crippen molar-refractivity contribution in [2.45, 2.75) is 25.4 Å². The van der Waals surface area contributed by atoms with Crippen LogP contribution in [0.25, 0.3) is 10.8 Å². The van der Waals surface area contributed by atoms with Crippen LogP contribution in [0, 0.1) is 0 Å². The molecule has 1 saturated heterocycles. The van der Waals surface area contributed by atoms with Crippen molar-refractivity contribution >= 4 is 38.1 Å². The molecule has 1 atom stereocenters. The van der Waals surface area contributed by atoms with Crippen molar-refractivity contribution in [3.8, 4) is 5.75 Å². The summed E-state index contributed by atoms with van der Waals surface area (Å²) >= 11 is 0. The summed E-state index contributed by atoms with van der Waals surface area (Å²) in [5.74, 6) is 0.717. The summed E-state index contributed by atoms with van der Waals surface area (Å²) < 4.78 is 30.9. The second-order valence-electron chi connectivity index (χ2n) is 8.33. The van der Waals surface area contributed by atoms with E-state index in [9.17, 15) is 13.2 Å². The van der Waals surface area contributed by atoms with E-state index < -0.39 is 15.6 Å². The van der Waals surface area contributed by atoms with Gasteiger partial charge in [0.1, 0.15) is 5.75 Å². The van der Waals surface area contributed by atoms with E-state index in [1.165, 1.54) is 0 Å². The van der Waals surface area contributed by atoms with E-state index in [0.717, 1.165) is 41.3 Å². The van der Waals surface area contributed by atoms with Crippen LogP contribution in [0.1, 0.15) is 18.9 Å². The van der Waals surface area contributed by atoms with Crippen molar-refractivity contribution in [1.29, 1.82) is 0 Å². The molecule has 4 rings (SSSR count). The molecule has 1 fully saturated rings. The van der Waals surface area contributed by atoms with Gasteiger partial charge in [0.2, 0.25) is 15.9 Å². The van der Waals surface area contributed by atoms with Crippen LogP contribution in [0.4, 0.5) is 11.4 Å². The van der Waals surface area contributed by atoms with Gasteiger partial charge in [-0.15, -0.1) is 0 Å². The molecule has 3 aromatic rings. The third-order valence-electron chi connectivity index (χ3n) is 6.03. The summed E-state index contributed by atoms with van der Waals surface area (Å²) in [6, 6.07) is 18.8. The number of hydrogen-bond acceptors (Lipinski definition) is 5. The average Bonchev–Trinajstić information content (AvgIpc) is 2.75. The van der Waals surface area contributed by atoms with Gasteiger partial charge >= 0.3 is 0 Å². The molecule has 0 aliphatic carbocycles. The van der Waals surface area contributed by atoms with Crippen molar-refractivity contribution in [1.82, 2.24) is 4.90 Å². The van der Waals surface area contributed by atoms with Crippen LogP contribution in [-0.2, 0) is 21.4 Å². The van der Waals surface area contributed by atoms with Crippen molar-refractivity contribution < 1.29 is 17.9 Å². The number of nitrogens with one attached hydrogen (secondary N) is 2. The van der Waals surface area contributed by atoms with E-state index in [4.69, 9.17) is 4.74 Å². The number of anilines is 2. The number of carbonyl (C=O) groups excluding carboxylic acids is 1. The molecule has 0 aromatic heterocycles. The lowest BCUT2D eigenvalue weighted by Crippen LogP contribution is -2.63. The lowest BCUT2D eigenvalue weighted by Gasteiger charge is -2.49. The molecular formula is C24H27N3O4S. The largest absolute Gasteiger partial charge is 0.496 e. The fourth-order valence-electron chi connectivity index (χ4n) is 4.11. The van der Waals surface area contributed by atoms with Crippen molar-refractivity contribution in [2.75, 3.05) is 29.9 Å². The Morgan fingerprint density at radius 1 is 1.06 bits per heavy atom. The third kappa shape index (κ3) is 4.42. The number of amides is 1. The Labute approximate surface area is 188 Å². The topological polar surface area (TPSA) is 87.7 Å². The second-order valence-corrected chi connectivity index (χ2v) is 10.1. The quantitative estimate of drug-likeness (QED) is 0.568. The summed E-state index contributed by atoms with van der Waals surface area (Å²) in [4.78, 5) is 15.3. The summed E-state index contributed by atoms with van der Waals surface area (Å²) in [7, 11) is -1.73.